The first-order valence-corrected chi connectivity index (χ1v) is 12.9. The number of anilines is 1. The molecule has 9 heteroatoms. The van der Waals surface area contributed by atoms with Crippen molar-refractivity contribution >= 4 is 34.9 Å². The quantitative estimate of drug-likeness (QED) is 0.399. The predicted molar refractivity (Wildman–Crippen MR) is 134 cm³/mol. The normalized spacial score (nSPS) is 23.5. The highest BCUT2D eigenvalue weighted by molar-refractivity contribution is 6.39. The summed E-state index contributed by atoms with van der Waals surface area (Å²) >= 11 is 13.0. The van der Waals surface area contributed by atoms with E-state index in [0.29, 0.717) is 33.8 Å². The lowest BCUT2D eigenvalue weighted by atomic mass is 9.99. The van der Waals surface area contributed by atoms with E-state index in [9.17, 15) is 4.79 Å². The summed E-state index contributed by atoms with van der Waals surface area (Å²) in [5, 5.41) is 8.45. The molecule has 1 aromatic carbocycles. The van der Waals surface area contributed by atoms with Gasteiger partial charge in [-0.25, -0.2) is 4.79 Å². The van der Waals surface area contributed by atoms with Crippen LogP contribution in [-0.4, -0.2) is 39.3 Å². The second-order valence-electron chi connectivity index (χ2n) is 9.61. The Hall–Kier alpha value is -2.61. The number of urea groups is 1. The van der Waals surface area contributed by atoms with Gasteiger partial charge >= 0.3 is 6.03 Å². The molecule has 7 nitrogen and oxygen atoms in total. The summed E-state index contributed by atoms with van der Waals surface area (Å²) in [4.78, 5) is 19.0. The van der Waals surface area contributed by atoms with Gasteiger partial charge in [0, 0.05) is 47.2 Å². The van der Waals surface area contributed by atoms with Crippen LogP contribution in [0.1, 0.15) is 55.8 Å². The summed E-state index contributed by atoms with van der Waals surface area (Å²) in [6.07, 6.45) is 9.21. The molecule has 3 fully saturated rings. The number of nitrogens with zero attached hydrogens (tertiary/aromatic N) is 3. The van der Waals surface area contributed by atoms with Crippen molar-refractivity contribution in [2.45, 2.75) is 69.2 Å². The Balaban J connectivity index is 1.16. The van der Waals surface area contributed by atoms with Crippen molar-refractivity contribution in [2.75, 3.05) is 5.32 Å². The maximum Gasteiger partial charge on any atom is 0.322 e. The van der Waals surface area contributed by atoms with E-state index < -0.39 is 0 Å². The molecule has 182 valence electrons. The average molecular weight is 513 g/mol. The number of carbonyl (C=O) groups is 1. The van der Waals surface area contributed by atoms with E-state index in [1.165, 1.54) is 0 Å². The van der Waals surface area contributed by atoms with E-state index in [1.807, 2.05) is 23.1 Å². The largest absolute Gasteiger partial charge is 0.373 e. The minimum absolute atomic E-state index is 0.0483. The molecule has 35 heavy (non-hydrogen) atoms. The first-order chi connectivity index (χ1) is 17.1. The second-order valence-corrected chi connectivity index (χ2v) is 10.4. The molecule has 6 rings (SSSR count). The zero-order chi connectivity index (χ0) is 23.9. The Bertz CT molecular complexity index is 1200. The molecular formula is C26H26Cl2N4O3. The number of carbonyl (C=O) groups excluding carboxylic acids is 1. The summed E-state index contributed by atoms with van der Waals surface area (Å²) < 4.78 is 12.2. The number of halogens is 2. The molecular weight excluding hydrogens is 487 g/mol. The Morgan fingerprint density at radius 3 is 2.40 bits per heavy atom. The Labute approximate surface area is 213 Å². The molecule has 1 saturated carbocycles. The van der Waals surface area contributed by atoms with Gasteiger partial charge < -0.3 is 19.5 Å². The Morgan fingerprint density at radius 2 is 1.74 bits per heavy atom. The van der Waals surface area contributed by atoms with Crippen molar-refractivity contribution in [1.82, 2.24) is 15.0 Å². The lowest BCUT2D eigenvalue weighted by Gasteiger charge is -2.38. The number of rotatable bonds is 6. The smallest absolute Gasteiger partial charge is 0.322 e. The van der Waals surface area contributed by atoms with Gasteiger partial charge in [-0.1, -0.05) is 34.4 Å². The second kappa shape index (κ2) is 9.45. The minimum atomic E-state index is -0.0483. The average Bonchev–Trinajstić information content (AvgIpc) is 3.55. The van der Waals surface area contributed by atoms with Gasteiger partial charge in [-0.05, 0) is 62.8 Å². The molecule has 3 atom stereocenters. The minimum Gasteiger partial charge on any atom is -0.373 e. The molecule has 0 radical (unpaired) electrons. The summed E-state index contributed by atoms with van der Waals surface area (Å²) in [5.74, 6) is 1.26. The van der Waals surface area contributed by atoms with Crippen LogP contribution in [0.3, 0.4) is 0 Å². The van der Waals surface area contributed by atoms with Gasteiger partial charge in [-0.15, -0.1) is 0 Å². The van der Waals surface area contributed by atoms with Gasteiger partial charge in [0.2, 0.25) is 0 Å². The third-order valence-electron chi connectivity index (χ3n) is 7.29. The third kappa shape index (κ3) is 4.53. The van der Waals surface area contributed by atoms with Gasteiger partial charge in [0.15, 0.2) is 0 Å². The molecule has 4 heterocycles. The molecule has 1 N–H and O–H groups in total. The lowest BCUT2D eigenvalue weighted by molar-refractivity contribution is -0.0158. The molecule has 2 aliphatic heterocycles. The van der Waals surface area contributed by atoms with Crippen LogP contribution < -0.4 is 5.32 Å². The summed E-state index contributed by atoms with van der Waals surface area (Å²) in [6, 6.07) is 9.33. The maximum absolute atomic E-state index is 13.0. The van der Waals surface area contributed by atoms with Crippen molar-refractivity contribution in [1.29, 1.82) is 0 Å². The molecule has 2 amide bonds. The fourth-order valence-electron chi connectivity index (χ4n) is 5.47. The van der Waals surface area contributed by atoms with Crippen molar-refractivity contribution in [3.05, 3.63) is 64.1 Å². The Morgan fingerprint density at radius 1 is 1.06 bits per heavy atom. The van der Waals surface area contributed by atoms with E-state index in [4.69, 9.17) is 32.5 Å². The van der Waals surface area contributed by atoms with Gasteiger partial charge in [-0.3, -0.25) is 4.98 Å². The first-order valence-electron chi connectivity index (χ1n) is 12.1. The number of pyridine rings is 1. The topological polar surface area (TPSA) is 80.5 Å². The van der Waals surface area contributed by atoms with Crippen LogP contribution in [0.25, 0.3) is 11.3 Å². The number of nitrogens with one attached hydrogen (secondary N) is 1. The number of benzene rings is 1. The number of fused-ring (bicyclic) bond motifs is 2. The van der Waals surface area contributed by atoms with E-state index in [0.717, 1.165) is 55.5 Å². The van der Waals surface area contributed by atoms with E-state index in [2.05, 4.69) is 15.5 Å². The van der Waals surface area contributed by atoms with Gasteiger partial charge in [-0.2, -0.15) is 0 Å². The molecule has 2 bridgehead atoms. The van der Waals surface area contributed by atoms with Crippen LogP contribution >= 0.6 is 23.2 Å². The number of hydrogen-bond acceptors (Lipinski definition) is 5. The fourth-order valence-corrected chi connectivity index (χ4v) is 6.04. The molecule has 3 aliphatic rings. The number of hydrogen-bond donors (Lipinski definition) is 1. The van der Waals surface area contributed by atoms with Gasteiger partial charge in [0.05, 0.1) is 22.8 Å². The van der Waals surface area contributed by atoms with Crippen LogP contribution in [0.4, 0.5) is 10.5 Å². The molecule has 2 saturated heterocycles. The van der Waals surface area contributed by atoms with Crippen LogP contribution in [0.5, 0.6) is 0 Å². The third-order valence-corrected chi connectivity index (χ3v) is 7.92. The number of ether oxygens (including phenoxy) is 1. The van der Waals surface area contributed by atoms with E-state index >= 15 is 0 Å². The van der Waals surface area contributed by atoms with Crippen LogP contribution in [0.2, 0.25) is 10.0 Å². The van der Waals surface area contributed by atoms with Crippen molar-refractivity contribution < 1.29 is 14.1 Å². The highest BCUT2D eigenvalue weighted by Gasteiger charge is 2.44. The van der Waals surface area contributed by atoms with E-state index in [-0.39, 0.29) is 24.2 Å². The Kier molecular flexibility index (Phi) is 6.16. The van der Waals surface area contributed by atoms with Crippen molar-refractivity contribution in [2.24, 2.45) is 0 Å². The number of amides is 2. The molecule has 2 aromatic heterocycles. The zero-order valence-electron chi connectivity index (χ0n) is 19.1. The van der Waals surface area contributed by atoms with Crippen molar-refractivity contribution in [3.63, 3.8) is 0 Å². The zero-order valence-corrected chi connectivity index (χ0v) is 20.6. The fraction of sp³-hybridized carbons (Fsp3) is 0.423. The summed E-state index contributed by atoms with van der Waals surface area (Å²) in [7, 11) is 0. The van der Waals surface area contributed by atoms with Gasteiger partial charge in [0.1, 0.15) is 11.5 Å². The molecule has 2 unspecified atom stereocenters. The molecule has 1 aliphatic carbocycles. The lowest BCUT2D eigenvalue weighted by Crippen LogP contribution is -2.50. The summed E-state index contributed by atoms with van der Waals surface area (Å²) in [6.45, 7) is 0.388. The van der Waals surface area contributed by atoms with Crippen molar-refractivity contribution in [3.8, 4) is 11.3 Å². The number of piperidine rings is 1. The van der Waals surface area contributed by atoms with Gasteiger partial charge in [0.25, 0.3) is 0 Å². The van der Waals surface area contributed by atoms with E-state index in [1.54, 1.807) is 24.5 Å². The standard InChI is InChI=1S/C26H26Cl2N4O3/c27-21-2-1-3-22(28)23(21)24-20(25(35-31-24)15-4-5-15)14-34-19-12-17-6-7-18(13-19)32(17)26(33)30-16-8-10-29-11-9-16/h1-3,8-11,15,17-19H,4-7,12-14H2,(H,29,30,33)/t17-,18?,19?/m0/s1. The SMILES string of the molecule is O=C(Nc1ccncc1)N1C2CC[C@H]1CC(OCc1c(-c3c(Cl)cccc3Cl)noc1C1CC1)C2. The maximum atomic E-state index is 13.0. The highest BCUT2D eigenvalue weighted by Crippen LogP contribution is 2.46. The monoisotopic (exact) mass is 512 g/mol. The van der Waals surface area contributed by atoms with Crippen LogP contribution in [0.15, 0.2) is 47.2 Å². The first kappa shape index (κ1) is 22.8. The predicted octanol–water partition coefficient (Wildman–Crippen LogP) is 6.66. The molecule has 3 aromatic rings. The van der Waals surface area contributed by atoms with Crippen LogP contribution in [-0.2, 0) is 11.3 Å². The number of aromatic nitrogens is 2. The summed E-state index contributed by atoms with van der Waals surface area (Å²) in [5.41, 5.74) is 3.05. The van der Waals surface area contributed by atoms with Crippen LogP contribution in [0, 0.1) is 0 Å². The highest BCUT2D eigenvalue weighted by atomic mass is 35.5. The molecule has 0 spiro atoms.